The van der Waals surface area contributed by atoms with Crippen molar-refractivity contribution in [2.45, 2.75) is 78.1 Å². The van der Waals surface area contributed by atoms with Crippen LogP contribution in [0.25, 0.3) is 0 Å². The Morgan fingerprint density at radius 2 is 1.72 bits per heavy atom. The van der Waals surface area contributed by atoms with E-state index in [1.807, 2.05) is 48.9 Å². The molecule has 0 unspecified atom stereocenters. The fourth-order valence-corrected chi connectivity index (χ4v) is 4.04. The van der Waals surface area contributed by atoms with Crippen molar-refractivity contribution in [2.24, 2.45) is 7.05 Å². The second-order valence-corrected chi connectivity index (χ2v) is 8.24. The van der Waals surface area contributed by atoms with E-state index in [4.69, 9.17) is 0 Å². The van der Waals surface area contributed by atoms with Gasteiger partial charge in [0.05, 0.1) is 0 Å². The van der Waals surface area contributed by atoms with Gasteiger partial charge >= 0.3 is 29.6 Å². The maximum absolute atomic E-state index is 13.3. The minimum Gasteiger partial charge on any atom is -0.550 e. The van der Waals surface area contributed by atoms with Crippen LogP contribution < -0.4 is 40.0 Å². The van der Waals surface area contributed by atoms with Crippen LogP contribution in [0, 0.1) is 0 Å². The molecular formula is C26H37N2NaO3. The number of rotatable bonds is 15. The number of carboxylic acid groups (broad SMARTS) is 1. The zero-order valence-corrected chi connectivity index (χ0v) is 22.3. The first-order chi connectivity index (χ1) is 15.0. The van der Waals surface area contributed by atoms with Crippen LogP contribution in [-0.4, -0.2) is 22.9 Å². The number of aromatic nitrogens is 1. The van der Waals surface area contributed by atoms with Gasteiger partial charge in [0.15, 0.2) is 5.78 Å². The first kappa shape index (κ1) is 28.5. The number of carboxylic acids is 1. The van der Waals surface area contributed by atoms with Crippen LogP contribution in [0.4, 0.5) is 5.69 Å². The molecule has 0 fully saturated rings. The van der Waals surface area contributed by atoms with Gasteiger partial charge in [-0.05, 0) is 50.3 Å². The van der Waals surface area contributed by atoms with Crippen LogP contribution in [0.2, 0.25) is 0 Å². The molecule has 5 nitrogen and oxygen atoms in total. The number of hydrogen-bond acceptors (Lipinski definition) is 4. The summed E-state index contributed by atoms with van der Waals surface area (Å²) in [6.45, 7) is 5.18. The Kier molecular flexibility index (Phi) is 13.6. The number of aliphatic carboxylic acids is 1. The van der Waals surface area contributed by atoms with Crippen molar-refractivity contribution in [3.8, 4) is 0 Å². The Morgan fingerprint density at radius 3 is 2.41 bits per heavy atom. The number of carbonyl (C=O) groups excluding carboxylic acids is 2. The van der Waals surface area contributed by atoms with Gasteiger partial charge in [0, 0.05) is 47.8 Å². The van der Waals surface area contributed by atoms with Crippen molar-refractivity contribution in [1.29, 1.82) is 0 Å². The van der Waals surface area contributed by atoms with Gasteiger partial charge in [-0.2, -0.15) is 0 Å². The van der Waals surface area contributed by atoms with Gasteiger partial charge in [-0.1, -0.05) is 58.1 Å². The summed E-state index contributed by atoms with van der Waals surface area (Å²) in [6, 6.07) is 9.64. The molecular weight excluding hydrogens is 411 g/mol. The molecule has 0 radical (unpaired) electrons. The molecule has 0 aliphatic carbocycles. The van der Waals surface area contributed by atoms with Crippen molar-refractivity contribution >= 4 is 17.4 Å². The van der Waals surface area contributed by atoms with Crippen molar-refractivity contribution in [2.75, 3.05) is 11.9 Å². The predicted octanol–water partition coefficient (Wildman–Crippen LogP) is 1.67. The predicted molar refractivity (Wildman–Crippen MR) is 124 cm³/mol. The number of nitrogens with one attached hydrogen (secondary N) is 1. The molecule has 32 heavy (non-hydrogen) atoms. The monoisotopic (exact) mass is 448 g/mol. The molecule has 1 heterocycles. The molecule has 0 amide bonds. The molecule has 1 aromatic carbocycles. The summed E-state index contributed by atoms with van der Waals surface area (Å²) in [5, 5.41) is 14.2. The van der Waals surface area contributed by atoms with Crippen molar-refractivity contribution < 1.29 is 44.3 Å². The summed E-state index contributed by atoms with van der Waals surface area (Å²) in [7, 11) is 1.95. The third-order valence-electron chi connectivity index (χ3n) is 5.84. The number of anilines is 1. The SMILES string of the molecule is CCCCCCCCNc1cccc(C(=O)c2cc(CCCC(=O)[O-])n(C)c2CC)c1.[Na+]. The van der Waals surface area contributed by atoms with E-state index in [1.54, 1.807) is 0 Å². The van der Waals surface area contributed by atoms with Crippen LogP contribution in [0.5, 0.6) is 0 Å². The van der Waals surface area contributed by atoms with Crippen molar-refractivity contribution in [3.05, 3.63) is 52.8 Å². The molecule has 1 aromatic heterocycles. The summed E-state index contributed by atoms with van der Waals surface area (Å²) < 4.78 is 2.03. The Morgan fingerprint density at radius 1 is 1.00 bits per heavy atom. The van der Waals surface area contributed by atoms with Gasteiger partial charge in [-0.15, -0.1) is 0 Å². The Balaban J connectivity index is 0.00000512. The van der Waals surface area contributed by atoms with E-state index in [1.165, 1.54) is 32.1 Å². The summed E-state index contributed by atoms with van der Waals surface area (Å²) in [6.07, 6.45) is 9.44. The zero-order valence-electron chi connectivity index (χ0n) is 20.3. The number of hydrogen-bond donors (Lipinski definition) is 1. The minimum absolute atomic E-state index is 0. The van der Waals surface area contributed by atoms with Gasteiger partial charge in [0.1, 0.15) is 0 Å². The van der Waals surface area contributed by atoms with E-state index < -0.39 is 5.97 Å². The standard InChI is InChI=1S/C26H38N2O3.Na/c1-4-6-7-8-9-10-17-27-21-14-11-13-20(18-21)26(31)23-19-22(15-12-16-25(29)30)28(3)24(23)5-2;/h11,13-14,18-19,27H,4-10,12,15-17H2,1-3H3,(H,29,30);/q;+1/p-1. The quantitative estimate of drug-likeness (QED) is 0.256. The summed E-state index contributed by atoms with van der Waals surface area (Å²) in [4.78, 5) is 24.0. The first-order valence-corrected chi connectivity index (χ1v) is 11.7. The maximum atomic E-state index is 13.3. The van der Waals surface area contributed by atoms with E-state index in [-0.39, 0.29) is 41.8 Å². The molecule has 0 spiro atoms. The van der Waals surface area contributed by atoms with Gasteiger partial charge in [-0.3, -0.25) is 4.79 Å². The second kappa shape index (κ2) is 15.3. The van der Waals surface area contributed by atoms with E-state index >= 15 is 0 Å². The van der Waals surface area contributed by atoms with Gasteiger partial charge in [0.2, 0.25) is 0 Å². The van der Waals surface area contributed by atoms with E-state index in [9.17, 15) is 14.7 Å². The van der Waals surface area contributed by atoms with Crippen LogP contribution in [0.1, 0.15) is 92.5 Å². The number of carbonyl (C=O) groups is 2. The van der Waals surface area contributed by atoms with Gasteiger partial charge in [-0.25, -0.2) is 0 Å². The van der Waals surface area contributed by atoms with Gasteiger partial charge in [0.25, 0.3) is 0 Å². The smallest absolute Gasteiger partial charge is 0.550 e. The normalized spacial score (nSPS) is 10.6. The molecule has 1 N–H and O–H groups in total. The molecule has 0 aliphatic heterocycles. The molecule has 6 heteroatoms. The number of nitrogens with zero attached hydrogens (tertiary/aromatic N) is 1. The molecule has 0 atom stereocenters. The number of aryl methyl sites for hydroxylation is 1. The summed E-state index contributed by atoms with van der Waals surface area (Å²) in [5.41, 5.74) is 4.33. The summed E-state index contributed by atoms with van der Waals surface area (Å²) in [5.74, 6) is -1.02. The molecule has 2 rings (SSSR count). The zero-order chi connectivity index (χ0) is 22.6. The van der Waals surface area contributed by atoms with Crippen LogP contribution in [-0.2, 0) is 24.7 Å². The van der Waals surface area contributed by atoms with Crippen LogP contribution in [0.15, 0.2) is 30.3 Å². The van der Waals surface area contributed by atoms with Crippen LogP contribution >= 0.6 is 0 Å². The fourth-order valence-electron chi connectivity index (χ4n) is 4.04. The Hall–Kier alpha value is -1.56. The molecule has 0 saturated carbocycles. The molecule has 0 bridgehead atoms. The van der Waals surface area contributed by atoms with Crippen molar-refractivity contribution in [1.82, 2.24) is 4.57 Å². The third-order valence-corrected chi connectivity index (χ3v) is 5.84. The Labute approximate surface area is 215 Å². The maximum Gasteiger partial charge on any atom is 1.00 e. The largest absolute Gasteiger partial charge is 1.00 e. The molecule has 0 aliphatic rings. The average molecular weight is 449 g/mol. The number of unbranched alkanes of at least 4 members (excludes halogenated alkanes) is 5. The van der Waals surface area contributed by atoms with Gasteiger partial charge < -0.3 is 19.8 Å². The van der Waals surface area contributed by atoms with E-state index in [2.05, 4.69) is 12.2 Å². The van der Waals surface area contributed by atoms with Crippen LogP contribution in [0.3, 0.4) is 0 Å². The second-order valence-electron chi connectivity index (χ2n) is 8.24. The number of ketones is 1. The van der Waals surface area contributed by atoms with E-state index in [0.29, 0.717) is 24.0 Å². The summed E-state index contributed by atoms with van der Waals surface area (Å²) >= 11 is 0. The minimum atomic E-state index is -1.04. The number of benzene rings is 1. The first-order valence-electron chi connectivity index (χ1n) is 11.7. The molecule has 0 saturated heterocycles. The van der Waals surface area contributed by atoms with Crippen molar-refractivity contribution in [3.63, 3.8) is 0 Å². The van der Waals surface area contributed by atoms with E-state index in [0.717, 1.165) is 36.5 Å². The topological polar surface area (TPSA) is 74.2 Å². The Bertz CT molecular complexity index is 861. The molecule has 2 aromatic rings. The molecule has 170 valence electrons. The third kappa shape index (κ3) is 8.76. The fraction of sp³-hybridized carbons (Fsp3) is 0.538. The average Bonchev–Trinajstić information content (AvgIpc) is 3.08.